The van der Waals surface area contributed by atoms with E-state index in [-0.39, 0.29) is 24.4 Å². The molecule has 17 heavy (non-hydrogen) atoms. The summed E-state index contributed by atoms with van der Waals surface area (Å²) in [6.07, 6.45) is 6.19. The van der Waals surface area contributed by atoms with E-state index in [9.17, 15) is 4.79 Å². The number of carbonyl (C=O) groups excluding carboxylic acids is 1. The third-order valence-electron chi connectivity index (χ3n) is 2.96. The van der Waals surface area contributed by atoms with E-state index in [2.05, 4.69) is 19.2 Å². The maximum absolute atomic E-state index is 11.5. The lowest BCUT2D eigenvalue weighted by molar-refractivity contribution is -0.121. The predicted octanol–water partition coefficient (Wildman–Crippen LogP) is 2.87. The molecule has 0 radical (unpaired) electrons. The highest BCUT2D eigenvalue weighted by Gasteiger charge is 2.08. The summed E-state index contributed by atoms with van der Waals surface area (Å²) in [5, 5.41) is 3.00. The number of halogens is 1. The lowest BCUT2D eigenvalue weighted by Gasteiger charge is -2.15. The Morgan fingerprint density at radius 2 is 1.94 bits per heavy atom. The number of nitrogens with two attached hydrogens (primary N) is 1. The second kappa shape index (κ2) is 12.2. The van der Waals surface area contributed by atoms with Crippen LogP contribution in [0.15, 0.2) is 0 Å². The lowest BCUT2D eigenvalue weighted by Crippen LogP contribution is -2.30. The summed E-state index contributed by atoms with van der Waals surface area (Å²) in [6, 6.07) is 0.118. The summed E-state index contributed by atoms with van der Waals surface area (Å²) in [5.41, 5.74) is 5.61. The van der Waals surface area contributed by atoms with Gasteiger partial charge >= 0.3 is 0 Å². The number of rotatable bonds is 9. The van der Waals surface area contributed by atoms with Crippen molar-refractivity contribution < 1.29 is 4.79 Å². The first kappa shape index (κ1) is 19.1. The zero-order valence-corrected chi connectivity index (χ0v) is 12.3. The van der Waals surface area contributed by atoms with E-state index in [1.54, 1.807) is 0 Å². The predicted molar refractivity (Wildman–Crippen MR) is 76.4 cm³/mol. The van der Waals surface area contributed by atoms with E-state index in [4.69, 9.17) is 5.73 Å². The molecule has 0 bridgehead atoms. The molecule has 3 N–H and O–H groups in total. The van der Waals surface area contributed by atoms with Crippen molar-refractivity contribution in [1.29, 1.82) is 0 Å². The largest absolute Gasteiger partial charge is 0.356 e. The number of hydrogen-bond acceptors (Lipinski definition) is 2. The molecule has 104 valence electrons. The minimum absolute atomic E-state index is 0. The SMILES string of the molecule is CCCCC(CC)CNC(=O)CCC(C)N.Cl. The van der Waals surface area contributed by atoms with Crippen molar-refractivity contribution in [3.05, 3.63) is 0 Å². The average Bonchev–Trinajstić information content (AvgIpc) is 2.26. The minimum atomic E-state index is 0. The Morgan fingerprint density at radius 3 is 2.41 bits per heavy atom. The summed E-state index contributed by atoms with van der Waals surface area (Å²) >= 11 is 0. The number of carbonyl (C=O) groups is 1. The molecule has 0 aliphatic rings. The van der Waals surface area contributed by atoms with Crippen LogP contribution in [-0.4, -0.2) is 18.5 Å². The van der Waals surface area contributed by atoms with Crippen molar-refractivity contribution in [3.8, 4) is 0 Å². The summed E-state index contributed by atoms with van der Waals surface area (Å²) in [6.45, 7) is 7.15. The Morgan fingerprint density at radius 1 is 1.29 bits per heavy atom. The molecule has 2 atom stereocenters. The number of unbranched alkanes of at least 4 members (excludes halogenated alkanes) is 1. The van der Waals surface area contributed by atoms with Gasteiger partial charge in [-0.2, -0.15) is 0 Å². The van der Waals surface area contributed by atoms with Gasteiger partial charge in [0.05, 0.1) is 0 Å². The Balaban J connectivity index is 0. The third kappa shape index (κ3) is 12.0. The fourth-order valence-electron chi connectivity index (χ4n) is 1.65. The second-order valence-corrected chi connectivity index (χ2v) is 4.74. The molecule has 0 saturated carbocycles. The molecule has 0 aromatic rings. The highest BCUT2D eigenvalue weighted by molar-refractivity contribution is 5.85. The standard InChI is InChI=1S/C13H28N2O.ClH/c1-4-6-7-12(5-2)10-15-13(16)9-8-11(3)14;/h11-12H,4-10,14H2,1-3H3,(H,15,16);1H. The summed E-state index contributed by atoms with van der Waals surface area (Å²) < 4.78 is 0. The van der Waals surface area contributed by atoms with Gasteiger partial charge in [-0.05, 0) is 25.7 Å². The second-order valence-electron chi connectivity index (χ2n) is 4.74. The molecule has 0 aliphatic heterocycles. The first-order valence-electron chi connectivity index (χ1n) is 6.62. The summed E-state index contributed by atoms with van der Waals surface area (Å²) in [4.78, 5) is 11.5. The molecule has 0 aromatic heterocycles. The van der Waals surface area contributed by atoms with E-state index >= 15 is 0 Å². The molecular formula is C13H29ClN2O. The van der Waals surface area contributed by atoms with Crippen LogP contribution in [0.4, 0.5) is 0 Å². The molecule has 4 heteroatoms. The van der Waals surface area contributed by atoms with Crippen LogP contribution >= 0.6 is 12.4 Å². The molecular weight excluding hydrogens is 236 g/mol. The molecule has 0 aliphatic carbocycles. The van der Waals surface area contributed by atoms with Crippen LogP contribution in [-0.2, 0) is 4.79 Å². The van der Waals surface area contributed by atoms with Crippen molar-refractivity contribution in [3.63, 3.8) is 0 Å². The summed E-state index contributed by atoms with van der Waals surface area (Å²) in [5.74, 6) is 0.784. The van der Waals surface area contributed by atoms with Gasteiger partial charge in [-0.25, -0.2) is 0 Å². The minimum Gasteiger partial charge on any atom is -0.356 e. The quantitative estimate of drug-likeness (QED) is 0.673. The van der Waals surface area contributed by atoms with Gasteiger partial charge in [0.2, 0.25) is 5.91 Å². The van der Waals surface area contributed by atoms with Gasteiger partial charge in [-0.3, -0.25) is 4.79 Å². The van der Waals surface area contributed by atoms with E-state index in [0.717, 1.165) is 19.4 Å². The van der Waals surface area contributed by atoms with Gasteiger partial charge < -0.3 is 11.1 Å². The molecule has 2 unspecified atom stereocenters. The lowest BCUT2D eigenvalue weighted by atomic mass is 9.99. The van der Waals surface area contributed by atoms with Crippen molar-refractivity contribution in [2.45, 2.75) is 65.3 Å². The van der Waals surface area contributed by atoms with Gasteiger partial charge in [0, 0.05) is 19.0 Å². The first-order chi connectivity index (χ1) is 7.60. The molecule has 1 amide bonds. The third-order valence-corrected chi connectivity index (χ3v) is 2.96. The van der Waals surface area contributed by atoms with E-state index in [0.29, 0.717) is 12.3 Å². The van der Waals surface area contributed by atoms with E-state index < -0.39 is 0 Å². The summed E-state index contributed by atoms with van der Waals surface area (Å²) in [7, 11) is 0. The van der Waals surface area contributed by atoms with Crippen LogP contribution in [0.25, 0.3) is 0 Å². The van der Waals surface area contributed by atoms with Gasteiger partial charge in [0.1, 0.15) is 0 Å². The fourth-order valence-corrected chi connectivity index (χ4v) is 1.65. The number of amides is 1. The number of nitrogens with one attached hydrogen (secondary N) is 1. The van der Waals surface area contributed by atoms with Gasteiger partial charge in [0.25, 0.3) is 0 Å². The highest BCUT2D eigenvalue weighted by atomic mass is 35.5. The Kier molecular flexibility index (Phi) is 13.7. The monoisotopic (exact) mass is 264 g/mol. The number of hydrogen-bond donors (Lipinski definition) is 2. The van der Waals surface area contributed by atoms with Crippen LogP contribution in [0.1, 0.15) is 59.3 Å². The smallest absolute Gasteiger partial charge is 0.220 e. The fraction of sp³-hybridized carbons (Fsp3) is 0.923. The molecule has 0 spiro atoms. The molecule has 3 nitrogen and oxygen atoms in total. The van der Waals surface area contributed by atoms with Crippen LogP contribution < -0.4 is 11.1 Å². The van der Waals surface area contributed by atoms with Crippen LogP contribution in [0, 0.1) is 5.92 Å². The normalized spacial score (nSPS) is 13.6. The Labute approximate surface area is 112 Å². The van der Waals surface area contributed by atoms with Gasteiger partial charge in [-0.15, -0.1) is 12.4 Å². The molecule has 0 rings (SSSR count). The van der Waals surface area contributed by atoms with Gasteiger partial charge in [-0.1, -0.05) is 33.1 Å². The maximum Gasteiger partial charge on any atom is 0.220 e. The average molecular weight is 265 g/mol. The maximum atomic E-state index is 11.5. The van der Waals surface area contributed by atoms with Crippen molar-refractivity contribution in [2.24, 2.45) is 11.7 Å². The van der Waals surface area contributed by atoms with Crippen molar-refractivity contribution in [2.75, 3.05) is 6.54 Å². The topological polar surface area (TPSA) is 55.1 Å². The van der Waals surface area contributed by atoms with E-state index in [1.807, 2.05) is 6.92 Å². The van der Waals surface area contributed by atoms with Crippen LogP contribution in [0.2, 0.25) is 0 Å². The zero-order valence-electron chi connectivity index (χ0n) is 11.5. The Hall–Kier alpha value is -0.280. The molecule has 0 heterocycles. The van der Waals surface area contributed by atoms with Crippen LogP contribution in [0.5, 0.6) is 0 Å². The molecule has 0 aromatic carbocycles. The highest BCUT2D eigenvalue weighted by Crippen LogP contribution is 2.11. The van der Waals surface area contributed by atoms with Gasteiger partial charge in [0.15, 0.2) is 0 Å². The van der Waals surface area contributed by atoms with Crippen molar-refractivity contribution >= 4 is 18.3 Å². The van der Waals surface area contributed by atoms with Crippen molar-refractivity contribution in [1.82, 2.24) is 5.32 Å². The van der Waals surface area contributed by atoms with Crippen LogP contribution in [0.3, 0.4) is 0 Å². The molecule has 0 saturated heterocycles. The molecule has 0 fully saturated rings. The Bertz CT molecular complexity index is 186. The first-order valence-corrected chi connectivity index (χ1v) is 6.62. The van der Waals surface area contributed by atoms with E-state index in [1.165, 1.54) is 19.3 Å². The zero-order chi connectivity index (χ0) is 12.4.